The first-order chi connectivity index (χ1) is 8.65. The number of halogens is 1. The highest BCUT2D eigenvalue weighted by atomic mass is 35.5. The van der Waals surface area contributed by atoms with Crippen LogP contribution in [0.3, 0.4) is 0 Å². The number of imidazole rings is 1. The number of hydrogen-bond donors (Lipinski definition) is 1. The van der Waals surface area contributed by atoms with E-state index in [4.69, 9.17) is 22.0 Å². The van der Waals surface area contributed by atoms with Gasteiger partial charge >= 0.3 is 0 Å². The maximum atomic E-state index is 9.09. The van der Waals surface area contributed by atoms with Gasteiger partial charge in [-0.2, -0.15) is 5.26 Å². The van der Waals surface area contributed by atoms with Gasteiger partial charge in [-0.1, -0.05) is 23.4 Å². The van der Waals surface area contributed by atoms with Crippen molar-refractivity contribution in [1.29, 1.82) is 5.26 Å². The van der Waals surface area contributed by atoms with Gasteiger partial charge in [0.15, 0.2) is 5.16 Å². The van der Waals surface area contributed by atoms with Crippen LogP contribution in [0.25, 0.3) is 0 Å². The molecule has 18 heavy (non-hydrogen) atoms. The van der Waals surface area contributed by atoms with E-state index in [0.717, 1.165) is 15.7 Å². The van der Waals surface area contributed by atoms with E-state index in [9.17, 15) is 0 Å². The van der Waals surface area contributed by atoms with E-state index in [0.29, 0.717) is 10.6 Å². The Hall–Kier alpha value is -1.48. The molecule has 1 N–H and O–H groups in total. The lowest BCUT2D eigenvalue weighted by Crippen LogP contribution is -1.97. The zero-order valence-electron chi connectivity index (χ0n) is 9.59. The number of nitrogens with zero attached hydrogens (tertiary/aromatic N) is 3. The number of nitriles is 1. The Labute approximate surface area is 114 Å². The molecule has 0 unspecified atom stereocenters. The molecule has 0 bridgehead atoms. The van der Waals surface area contributed by atoms with Crippen molar-refractivity contribution >= 4 is 23.4 Å². The number of benzene rings is 1. The second-order valence-corrected chi connectivity index (χ2v) is 5.02. The van der Waals surface area contributed by atoms with Gasteiger partial charge in [-0.25, -0.2) is 4.98 Å². The van der Waals surface area contributed by atoms with Crippen molar-refractivity contribution in [3.05, 3.63) is 40.7 Å². The molecular weight excluding hydrogens is 270 g/mol. The third kappa shape index (κ3) is 2.51. The molecule has 4 nitrogen and oxygen atoms in total. The molecule has 0 radical (unpaired) electrons. The average molecular weight is 280 g/mol. The van der Waals surface area contributed by atoms with Gasteiger partial charge in [0.1, 0.15) is 0 Å². The monoisotopic (exact) mass is 279 g/mol. The maximum absolute atomic E-state index is 9.09. The predicted molar refractivity (Wildman–Crippen MR) is 69.4 cm³/mol. The van der Waals surface area contributed by atoms with E-state index in [1.807, 2.05) is 13.1 Å². The van der Waals surface area contributed by atoms with Crippen molar-refractivity contribution in [1.82, 2.24) is 9.55 Å². The molecule has 0 aliphatic rings. The van der Waals surface area contributed by atoms with Crippen LogP contribution in [-0.4, -0.2) is 14.7 Å². The minimum atomic E-state index is -0.0504. The molecule has 0 aliphatic heterocycles. The summed E-state index contributed by atoms with van der Waals surface area (Å²) >= 11 is 7.49. The van der Waals surface area contributed by atoms with Crippen molar-refractivity contribution < 1.29 is 5.11 Å². The summed E-state index contributed by atoms with van der Waals surface area (Å²) in [5.41, 5.74) is 1.27. The summed E-state index contributed by atoms with van der Waals surface area (Å²) in [7, 11) is 1.83. The molecular formula is C12H10ClN3OS. The summed E-state index contributed by atoms with van der Waals surface area (Å²) in [6, 6.07) is 7.16. The van der Waals surface area contributed by atoms with Crippen LogP contribution in [0.4, 0.5) is 0 Å². The molecule has 6 heteroatoms. The quantitative estimate of drug-likeness (QED) is 0.938. The number of rotatable bonds is 3. The largest absolute Gasteiger partial charge is 0.390 e. The van der Waals surface area contributed by atoms with E-state index < -0.39 is 0 Å². The Morgan fingerprint density at radius 1 is 1.56 bits per heavy atom. The predicted octanol–water partition coefficient (Wildman–Crippen LogP) is 2.59. The molecule has 1 heterocycles. The van der Waals surface area contributed by atoms with Crippen LogP contribution in [0.1, 0.15) is 11.3 Å². The number of aliphatic hydroxyl groups excluding tert-OH is 1. The van der Waals surface area contributed by atoms with Crippen LogP contribution in [0.15, 0.2) is 34.4 Å². The van der Waals surface area contributed by atoms with Crippen LogP contribution in [0.5, 0.6) is 0 Å². The summed E-state index contributed by atoms with van der Waals surface area (Å²) in [6.45, 7) is -0.0504. The summed E-state index contributed by atoms with van der Waals surface area (Å²) in [4.78, 5) is 5.04. The lowest BCUT2D eigenvalue weighted by molar-refractivity contribution is 0.271. The molecule has 0 saturated carbocycles. The highest BCUT2D eigenvalue weighted by Gasteiger charge is 2.10. The van der Waals surface area contributed by atoms with Crippen molar-refractivity contribution in [2.45, 2.75) is 16.7 Å². The van der Waals surface area contributed by atoms with Crippen molar-refractivity contribution in [3.8, 4) is 6.07 Å². The maximum Gasteiger partial charge on any atom is 0.172 e. The van der Waals surface area contributed by atoms with Crippen molar-refractivity contribution in [3.63, 3.8) is 0 Å². The molecule has 0 fully saturated rings. The van der Waals surface area contributed by atoms with Crippen molar-refractivity contribution in [2.75, 3.05) is 0 Å². The molecule has 0 atom stereocenters. The number of aliphatic hydroxyl groups is 1. The summed E-state index contributed by atoms with van der Waals surface area (Å²) in [5.74, 6) is 0. The van der Waals surface area contributed by atoms with Crippen LogP contribution in [0.2, 0.25) is 5.02 Å². The van der Waals surface area contributed by atoms with E-state index >= 15 is 0 Å². The molecule has 92 valence electrons. The van der Waals surface area contributed by atoms with E-state index in [1.165, 1.54) is 11.8 Å². The fourth-order valence-corrected chi connectivity index (χ4v) is 2.56. The van der Waals surface area contributed by atoms with Gasteiger partial charge in [0, 0.05) is 11.9 Å². The fraction of sp³-hybridized carbons (Fsp3) is 0.167. The molecule has 0 amide bonds. The molecule has 0 saturated heterocycles. The Morgan fingerprint density at radius 3 is 2.89 bits per heavy atom. The summed E-state index contributed by atoms with van der Waals surface area (Å²) in [6.07, 6.45) is 1.62. The van der Waals surface area contributed by atoms with E-state index in [2.05, 4.69) is 4.98 Å². The SMILES string of the molecule is Cn1c(CO)cnc1Sc1ccc(C#N)cc1Cl. The second kappa shape index (κ2) is 5.44. The second-order valence-electron chi connectivity index (χ2n) is 3.61. The van der Waals surface area contributed by atoms with Gasteiger partial charge in [-0.3, -0.25) is 0 Å². The van der Waals surface area contributed by atoms with E-state index in [1.54, 1.807) is 29.0 Å². The summed E-state index contributed by atoms with van der Waals surface area (Å²) in [5, 5.41) is 19.1. The van der Waals surface area contributed by atoms with Gasteiger partial charge in [0.2, 0.25) is 0 Å². The molecule has 1 aromatic heterocycles. The fourth-order valence-electron chi connectivity index (χ4n) is 1.42. The Balaban J connectivity index is 2.29. The Bertz CT molecular complexity index is 618. The Morgan fingerprint density at radius 2 is 2.33 bits per heavy atom. The van der Waals surface area contributed by atoms with Crippen LogP contribution in [-0.2, 0) is 13.7 Å². The normalized spacial score (nSPS) is 10.3. The van der Waals surface area contributed by atoms with Crippen LogP contribution < -0.4 is 0 Å². The highest BCUT2D eigenvalue weighted by Crippen LogP contribution is 2.33. The van der Waals surface area contributed by atoms with E-state index in [-0.39, 0.29) is 6.61 Å². The first kappa shape index (κ1) is 13.0. The topological polar surface area (TPSA) is 61.8 Å². The standard InChI is InChI=1S/C12H10ClN3OS/c1-16-9(7-17)6-15-12(16)18-11-3-2-8(5-14)4-10(11)13/h2-4,6,17H,7H2,1H3. The smallest absolute Gasteiger partial charge is 0.172 e. The molecule has 0 spiro atoms. The molecule has 1 aromatic carbocycles. The van der Waals surface area contributed by atoms with Gasteiger partial charge in [-0.15, -0.1) is 0 Å². The van der Waals surface area contributed by atoms with Crippen LogP contribution in [0, 0.1) is 11.3 Å². The van der Waals surface area contributed by atoms with Gasteiger partial charge < -0.3 is 9.67 Å². The first-order valence-corrected chi connectivity index (χ1v) is 6.34. The number of aromatic nitrogens is 2. The van der Waals surface area contributed by atoms with Crippen LogP contribution >= 0.6 is 23.4 Å². The average Bonchev–Trinajstić information content (AvgIpc) is 2.73. The van der Waals surface area contributed by atoms with Crippen molar-refractivity contribution in [2.24, 2.45) is 7.05 Å². The zero-order valence-corrected chi connectivity index (χ0v) is 11.2. The van der Waals surface area contributed by atoms with Gasteiger partial charge in [0.05, 0.1) is 35.2 Å². The van der Waals surface area contributed by atoms with Gasteiger partial charge in [-0.05, 0) is 18.2 Å². The lowest BCUT2D eigenvalue weighted by Gasteiger charge is -2.05. The first-order valence-electron chi connectivity index (χ1n) is 5.14. The van der Waals surface area contributed by atoms with Gasteiger partial charge in [0.25, 0.3) is 0 Å². The molecule has 2 aromatic rings. The highest BCUT2D eigenvalue weighted by molar-refractivity contribution is 7.99. The minimum absolute atomic E-state index is 0.0504. The third-order valence-electron chi connectivity index (χ3n) is 2.47. The third-order valence-corrected chi connectivity index (χ3v) is 4.03. The number of hydrogen-bond acceptors (Lipinski definition) is 4. The minimum Gasteiger partial charge on any atom is -0.390 e. The Kier molecular flexibility index (Phi) is 3.92. The molecule has 0 aliphatic carbocycles. The zero-order chi connectivity index (χ0) is 13.1. The lowest BCUT2D eigenvalue weighted by atomic mass is 10.2. The summed E-state index contributed by atoms with van der Waals surface area (Å²) < 4.78 is 1.80. The molecule has 2 rings (SSSR count).